The third kappa shape index (κ3) is 6.19. The van der Waals surface area contributed by atoms with Crippen molar-refractivity contribution in [1.29, 1.82) is 0 Å². The number of hydrogen-bond donors (Lipinski definition) is 0. The van der Waals surface area contributed by atoms with Crippen molar-refractivity contribution < 1.29 is 9.47 Å². The van der Waals surface area contributed by atoms with Crippen molar-refractivity contribution in [3.63, 3.8) is 0 Å². The van der Waals surface area contributed by atoms with Gasteiger partial charge in [-0.05, 0) is 30.4 Å². The average Bonchev–Trinajstić information content (AvgIpc) is 2.39. The normalized spacial score (nSPS) is 12.6. The molecule has 0 fully saturated rings. The zero-order valence-electron chi connectivity index (χ0n) is 10.7. The minimum atomic E-state index is 0.549. The minimum absolute atomic E-state index is 0.549. The molecular weight excluding hydrogens is 316 g/mol. The molecule has 0 heterocycles. The van der Waals surface area contributed by atoms with E-state index in [2.05, 4.69) is 22.0 Å². The number of hydrogen-bond acceptors (Lipinski definition) is 2. The van der Waals surface area contributed by atoms with Gasteiger partial charge in [0.1, 0.15) is 0 Å². The minimum Gasteiger partial charge on any atom is -0.382 e. The second-order valence-electron chi connectivity index (χ2n) is 4.21. The molecule has 0 radical (unpaired) electrons. The number of ether oxygens (including phenoxy) is 2. The fourth-order valence-corrected chi connectivity index (χ4v) is 2.47. The predicted octanol–water partition coefficient (Wildman–Crippen LogP) is 3.95. The second kappa shape index (κ2) is 9.79. The highest BCUT2D eigenvalue weighted by atomic mass is 79.9. The Bertz CT molecular complexity index is 333. The Labute approximate surface area is 123 Å². The maximum atomic E-state index is 6.16. The standard InChI is InChI=1S/C14H20BrClO2/c1-17-8-9-18-7-6-12(11-15)10-13-4-2-3-5-14(13)16/h2-5,12H,6-11H2,1H3. The van der Waals surface area contributed by atoms with Crippen molar-refractivity contribution in [2.24, 2.45) is 5.92 Å². The van der Waals surface area contributed by atoms with Crippen molar-refractivity contribution in [1.82, 2.24) is 0 Å². The van der Waals surface area contributed by atoms with Gasteiger partial charge in [0.25, 0.3) is 0 Å². The van der Waals surface area contributed by atoms with E-state index < -0.39 is 0 Å². The van der Waals surface area contributed by atoms with E-state index in [0.29, 0.717) is 19.1 Å². The lowest BCUT2D eigenvalue weighted by molar-refractivity contribution is 0.0648. The highest BCUT2D eigenvalue weighted by Gasteiger charge is 2.10. The van der Waals surface area contributed by atoms with Crippen molar-refractivity contribution in [2.45, 2.75) is 12.8 Å². The van der Waals surface area contributed by atoms with Gasteiger partial charge in [-0.3, -0.25) is 0 Å². The van der Waals surface area contributed by atoms with Gasteiger partial charge in [0.05, 0.1) is 13.2 Å². The van der Waals surface area contributed by atoms with Gasteiger partial charge >= 0.3 is 0 Å². The van der Waals surface area contributed by atoms with Crippen LogP contribution in [-0.2, 0) is 15.9 Å². The van der Waals surface area contributed by atoms with Crippen molar-refractivity contribution in [2.75, 3.05) is 32.3 Å². The van der Waals surface area contributed by atoms with Crippen molar-refractivity contribution in [3.05, 3.63) is 34.9 Å². The molecule has 0 bridgehead atoms. The Kier molecular flexibility index (Phi) is 8.68. The van der Waals surface area contributed by atoms with E-state index in [4.69, 9.17) is 21.1 Å². The largest absolute Gasteiger partial charge is 0.382 e. The first-order chi connectivity index (χ1) is 8.77. The molecule has 2 nitrogen and oxygen atoms in total. The molecule has 1 aromatic carbocycles. The first-order valence-electron chi connectivity index (χ1n) is 6.14. The molecule has 1 atom stereocenters. The Morgan fingerprint density at radius 1 is 1.22 bits per heavy atom. The van der Waals surface area contributed by atoms with Gasteiger partial charge in [-0.25, -0.2) is 0 Å². The van der Waals surface area contributed by atoms with E-state index in [1.807, 2.05) is 18.2 Å². The molecule has 1 rings (SSSR count). The van der Waals surface area contributed by atoms with Gasteiger partial charge < -0.3 is 9.47 Å². The molecule has 1 aromatic rings. The van der Waals surface area contributed by atoms with E-state index in [1.54, 1.807) is 7.11 Å². The van der Waals surface area contributed by atoms with Crippen molar-refractivity contribution in [3.8, 4) is 0 Å². The molecular formula is C14H20BrClO2. The molecule has 0 saturated heterocycles. The van der Waals surface area contributed by atoms with Crippen LogP contribution < -0.4 is 0 Å². The van der Waals surface area contributed by atoms with Crippen LogP contribution in [0.25, 0.3) is 0 Å². The smallest absolute Gasteiger partial charge is 0.0700 e. The average molecular weight is 336 g/mol. The highest BCUT2D eigenvalue weighted by Crippen LogP contribution is 2.21. The van der Waals surface area contributed by atoms with Crippen LogP contribution >= 0.6 is 27.5 Å². The molecule has 0 aliphatic heterocycles. The van der Waals surface area contributed by atoms with E-state index in [1.165, 1.54) is 5.56 Å². The summed E-state index contributed by atoms with van der Waals surface area (Å²) in [6.07, 6.45) is 2.01. The molecule has 4 heteroatoms. The van der Waals surface area contributed by atoms with Crippen LogP contribution in [0.3, 0.4) is 0 Å². The summed E-state index contributed by atoms with van der Waals surface area (Å²) in [7, 11) is 1.68. The molecule has 1 unspecified atom stereocenters. The topological polar surface area (TPSA) is 18.5 Å². The zero-order valence-corrected chi connectivity index (χ0v) is 13.0. The molecule has 0 amide bonds. The van der Waals surface area contributed by atoms with Crippen LogP contribution in [0.5, 0.6) is 0 Å². The summed E-state index contributed by atoms with van der Waals surface area (Å²) >= 11 is 9.72. The summed E-state index contributed by atoms with van der Waals surface area (Å²) in [4.78, 5) is 0. The number of halogens is 2. The fourth-order valence-electron chi connectivity index (χ4n) is 1.70. The Balaban J connectivity index is 2.31. The molecule has 0 aliphatic rings. The second-order valence-corrected chi connectivity index (χ2v) is 5.26. The first kappa shape index (κ1) is 16.0. The van der Waals surface area contributed by atoms with Crippen LogP contribution in [0.4, 0.5) is 0 Å². The Morgan fingerprint density at radius 2 is 2.00 bits per heavy atom. The van der Waals surface area contributed by atoms with Crippen LogP contribution in [-0.4, -0.2) is 32.3 Å². The van der Waals surface area contributed by atoms with Gasteiger partial charge in [-0.15, -0.1) is 0 Å². The lowest BCUT2D eigenvalue weighted by Gasteiger charge is -2.15. The summed E-state index contributed by atoms with van der Waals surface area (Å²) in [5.41, 5.74) is 1.21. The van der Waals surface area contributed by atoms with E-state index >= 15 is 0 Å². The van der Waals surface area contributed by atoms with E-state index in [-0.39, 0.29) is 0 Å². The summed E-state index contributed by atoms with van der Waals surface area (Å²) in [5.74, 6) is 0.549. The SMILES string of the molecule is COCCOCCC(CBr)Cc1ccccc1Cl. The highest BCUT2D eigenvalue weighted by molar-refractivity contribution is 9.09. The third-order valence-electron chi connectivity index (χ3n) is 2.79. The summed E-state index contributed by atoms with van der Waals surface area (Å²) in [6, 6.07) is 8.02. The third-order valence-corrected chi connectivity index (χ3v) is 4.07. The van der Waals surface area contributed by atoms with Crippen LogP contribution in [0.1, 0.15) is 12.0 Å². The van der Waals surface area contributed by atoms with E-state index in [9.17, 15) is 0 Å². The molecule has 0 aromatic heterocycles. The van der Waals surface area contributed by atoms with Crippen LogP contribution in [0.15, 0.2) is 24.3 Å². The lowest BCUT2D eigenvalue weighted by Crippen LogP contribution is -2.12. The number of alkyl halides is 1. The zero-order chi connectivity index (χ0) is 13.2. The Hall–Kier alpha value is -0.0900. The first-order valence-corrected chi connectivity index (χ1v) is 7.64. The molecule has 0 spiro atoms. The van der Waals surface area contributed by atoms with Crippen molar-refractivity contribution >= 4 is 27.5 Å². The van der Waals surface area contributed by atoms with Gasteiger partial charge in [-0.1, -0.05) is 45.7 Å². The molecule has 102 valence electrons. The number of methoxy groups -OCH3 is 1. The number of benzene rings is 1. The van der Waals surface area contributed by atoms with Gasteiger partial charge in [0, 0.05) is 24.1 Å². The predicted molar refractivity (Wildman–Crippen MR) is 79.8 cm³/mol. The Morgan fingerprint density at radius 3 is 2.67 bits per heavy atom. The van der Waals surface area contributed by atoms with Gasteiger partial charge in [0.15, 0.2) is 0 Å². The summed E-state index contributed by atoms with van der Waals surface area (Å²) < 4.78 is 10.4. The van der Waals surface area contributed by atoms with Gasteiger partial charge in [0.2, 0.25) is 0 Å². The molecule has 0 aliphatic carbocycles. The summed E-state index contributed by atoms with van der Waals surface area (Å²) in [5, 5.41) is 1.81. The fraction of sp³-hybridized carbons (Fsp3) is 0.571. The van der Waals surface area contributed by atoms with Crippen LogP contribution in [0.2, 0.25) is 5.02 Å². The quantitative estimate of drug-likeness (QED) is 0.502. The lowest BCUT2D eigenvalue weighted by atomic mass is 9.98. The molecule has 0 N–H and O–H groups in total. The number of rotatable bonds is 9. The summed E-state index contributed by atoms with van der Waals surface area (Å²) in [6.45, 7) is 2.09. The molecule has 18 heavy (non-hydrogen) atoms. The van der Waals surface area contributed by atoms with Gasteiger partial charge in [-0.2, -0.15) is 0 Å². The maximum Gasteiger partial charge on any atom is 0.0700 e. The monoisotopic (exact) mass is 334 g/mol. The van der Waals surface area contributed by atoms with Crippen LogP contribution in [0, 0.1) is 5.92 Å². The maximum absolute atomic E-state index is 6.16. The van der Waals surface area contributed by atoms with E-state index in [0.717, 1.165) is 29.8 Å². The molecule has 0 saturated carbocycles.